The summed E-state index contributed by atoms with van der Waals surface area (Å²) in [6, 6.07) is -1.83. The number of ether oxygens (including phenoxy) is 3. The maximum Gasteiger partial charge on any atom is 0.245 e. The second-order valence-corrected chi connectivity index (χ2v) is 13.6. The first-order valence-corrected chi connectivity index (χ1v) is 16.5. The molecular formula is C30H58N4O9S. The molecule has 0 saturated carbocycles. The first kappa shape index (κ1) is 42.2. The van der Waals surface area contributed by atoms with Gasteiger partial charge in [0.1, 0.15) is 11.8 Å². The molecule has 0 saturated heterocycles. The summed E-state index contributed by atoms with van der Waals surface area (Å²) in [6.07, 6.45) is 0.905. The van der Waals surface area contributed by atoms with E-state index in [0.29, 0.717) is 31.8 Å². The molecule has 0 aliphatic rings. The molecule has 0 rings (SSSR count). The van der Waals surface area contributed by atoms with Crippen LogP contribution in [0, 0.1) is 5.92 Å². The molecule has 0 aromatic carbocycles. The van der Waals surface area contributed by atoms with E-state index in [1.165, 1.54) is 18.7 Å². The van der Waals surface area contributed by atoms with Crippen LogP contribution in [-0.2, 0) is 33.4 Å². The van der Waals surface area contributed by atoms with Crippen molar-refractivity contribution in [1.82, 2.24) is 16.0 Å². The monoisotopic (exact) mass is 650 g/mol. The van der Waals surface area contributed by atoms with E-state index in [0.717, 1.165) is 0 Å². The third-order valence-electron chi connectivity index (χ3n) is 6.36. The lowest BCUT2D eigenvalue weighted by Gasteiger charge is -2.30. The summed E-state index contributed by atoms with van der Waals surface area (Å²) in [5.41, 5.74) is 4.93. The fourth-order valence-electron chi connectivity index (χ4n) is 3.59. The highest BCUT2D eigenvalue weighted by Crippen LogP contribution is 2.20. The van der Waals surface area contributed by atoms with Crippen LogP contribution in [0.15, 0.2) is 0 Å². The van der Waals surface area contributed by atoms with Gasteiger partial charge in [-0.2, -0.15) is 11.8 Å². The molecule has 7 N–H and O–H groups in total. The van der Waals surface area contributed by atoms with E-state index >= 15 is 0 Å². The first-order valence-electron chi connectivity index (χ1n) is 15.3. The fourth-order valence-corrected chi connectivity index (χ4v) is 4.57. The molecule has 3 atom stereocenters. The van der Waals surface area contributed by atoms with Gasteiger partial charge in [0.25, 0.3) is 0 Å². The Kier molecular flexibility index (Phi) is 21.7. The Bertz CT molecular complexity index is 858. The highest BCUT2D eigenvalue weighted by molar-refractivity contribution is 7.99. The number of thioether (sulfide) groups is 1. The molecular weight excluding hydrogens is 592 g/mol. The van der Waals surface area contributed by atoms with Crippen LogP contribution >= 0.6 is 11.8 Å². The molecule has 0 aromatic heterocycles. The van der Waals surface area contributed by atoms with Crippen LogP contribution < -0.4 is 21.7 Å². The van der Waals surface area contributed by atoms with Gasteiger partial charge in [-0.3, -0.25) is 19.2 Å². The molecule has 0 heterocycles. The van der Waals surface area contributed by atoms with Crippen LogP contribution in [0.3, 0.4) is 0 Å². The Morgan fingerprint density at radius 3 is 2.16 bits per heavy atom. The quantitative estimate of drug-likeness (QED) is 0.0714. The summed E-state index contributed by atoms with van der Waals surface area (Å²) in [5, 5.41) is 26.6. The number of rotatable bonds is 26. The molecule has 258 valence electrons. The fraction of sp³-hybridized carbons (Fsp3) is 0.867. The molecule has 0 aliphatic heterocycles. The molecule has 0 fully saturated rings. The third-order valence-corrected chi connectivity index (χ3v) is 7.57. The molecule has 0 radical (unpaired) electrons. The van der Waals surface area contributed by atoms with Crippen molar-refractivity contribution in [3.05, 3.63) is 0 Å². The van der Waals surface area contributed by atoms with Crippen molar-refractivity contribution in [1.29, 1.82) is 0 Å². The average molecular weight is 651 g/mol. The maximum absolute atomic E-state index is 12.9. The van der Waals surface area contributed by atoms with E-state index in [4.69, 9.17) is 25.1 Å². The number of ketones is 1. The number of nitrogens with two attached hydrogens (primary N) is 1. The number of nitrogens with one attached hydrogen (secondary N) is 3. The van der Waals surface area contributed by atoms with E-state index in [2.05, 4.69) is 16.0 Å². The lowest BCUT2D eigenvalue weighted by molar-refractivity contribution is -0.131. The van der Waals surface area contributed by atoms with Gasteiger partial charge in [-0.25, -0.2) is 0 Å². The van der Waals surface area contributed by atoms with Crippen LogP contribution in [0.1, 0.15) is 74.1 Å². The standard InChI is InChI=1S/C30H58N4O9S/c1-21(2)17-41-18-25(34-27(39)24(31)20-44-19-23(37)9-13-35)28(40)32-12-15-43-30(6,7)11-14-42-29(4,5)10-8-26(38)33-16-22(3)36/h21,23-25,35,37H,8-20,31H2,1-7H3,(H,32,40)(H,33,38)(H,34,39)/t23?,24-,25-/m0/s1. The number of amides is 3. The molecule has 44 heavy (non-hydrogen) atoms. The summed E-state index contributed by atoms with van der Waals surface area (Å²) in [7, 11) is 0. The van der Waals surface area contributed by atoms with Gasteiger partial charge in [-0.1, -0.05) is 13.8 Å². The zero-order valence-corrected chi connectivity index (χ0v) is 28.6. The Labute approximate surface area is 267 Å². The highest BCUT2D eigenvalue weighted by atomic mass is 32.2. The topological polar surface area (TPSA) is 199 Å². The number of hydrogen-bond donors (Lipinski definition) is 6. The summed E-state index contributed by atoms with van der Waals surface area (Å²) in [6.45, 7) is 14.2. The molecule has 14 heteroatoms. The number of aliphatic hydroxyl groups excluding tert-OH is 2. The average Bonchev–Trinajstić information content (AvgIpc) is 2.92. The molecule has 0 bridgehead atoms. The largest absolute Gasteiger partial charge is 0.396 e. The van der Waals surface area contributed by atoms with E-state index in [1.807, 2.05) is 41.5 Å². The number of hydrogen-bond acceptors (Lipinski definition) is 11. The Morgan fingerprint density at radius 1 is 0.909 bits per heavy atom. The van der Waals surface area contributed by atoms with Crippen LogP contribution in [0.5, 0.6) is 0 Å². The summed E-state index contributed by atoms with van der Waals surface area (Å²) < 4.78 is 17.6. The minimum atomic E-state index is -0.939. The summed E-state index contributed by atoms with van der Waals surface area (Å²) in [5.74, 6) is -0.373. The first-order chi connectivity index (χ1) is 20.5. The van der Waals surface area contributed by atoms with Crippen LogP contribution in [0.4, 0.5) is 0 Å². The predicted octanol–water partition coefficient (Wildman–Crippen LogP) is 0.530. The van der Waals surface area contributed by atoms with Crippen molar-refractivity contribution in [3.8, 4) is 0 Å². The number of carbonyl (C=O) groups excluding carboxylic acids is 4. The number of carbonyl (C=O) groups is 4. The van der Waals surface area contributed by atoms with E-state index in [1.54, 1.807) is 0 Å². The van der Waals surface area contributed by atoms with Crippen molar-refractivity contribution in [2.24, 2.45) is 11.7 Å². The van der Waals surface area contributed by atoms with Crippen LogP contribution in [-0.4, -0.2) is 121 Å². The van der Waals surface area contributed by atoms with Gasteiger partial charge in [0, 0.05) is 37.7 Å². The molecule has 0 spiro atoms. The van der Waals surface area contributed by atoms with Crippen LogP contribution in [0.2, 0.25) is 0 Å². The highest BCUT2D eigenvalue weighted by Gasteiger charge is 2.26. The van der Waals surface area contributed by atoms with Gasteiger partial charge in [-0.15, -0.1) is 0 Å². The maximum atomic E-state index is 12.9. The van der Waals surface area contributed by atoms with E-state index in [9.17, 15) is 24.3 Å². The molecule has 1 unspecified atom stereocenters. The second kappa shape index (κ2) is 22.7. The lowest BCUT2D eigenvalue weighted by Crippen LogP contribution is -2.54. The molecule has 3 amide bonds. The van der Waals surface area contributed by atoms with Crippen molar-refractivity contribution >= 4 is 35.3 Å². The smallest absolute Gasteiger partial charge is 0.245 e. The second-order valence-electron chi connectivity index (χ2n) is 12.5. The molecule has 0 aliphatic carbocycles. The van der Waals surface area contributed by atoms with Gasteiger partial charge >= 0.3 is 0 Å². The lowest BCUT2D eigenvalue weighted by atomic mass is 10.0. The van der Waals surface area contributed by atoms with Gasteiger partial charge < -0.3 is 46.1 Å². The van der Waals surface area contributed by atoms with Crippen LogP contribution in [0.25, 0.3) is 0 Å². The minimum absolute atomic E-state index is 0.0112. The molecule has 0 aromatic rings. The van der Waals surface area contributed by atoms with Gasteiger partial charge in [-0.05, 0) is 59.8 Å². The van der Waals surface area contributed by atoms with Crippen molar-refractivity contribution in [2.75, 3.05) is 57.6 Å². The zero-order valence-electron chi connectivity index (χ0n) is 27.7. The van der Waals surface area contributed by atoms with Crippen molar-refractivity contribution in [3.63, 3.8) is 0 Å². The van der Waals surface area contributed by atoms with E-state index in [-0.39, 0.29) is 69.1 Å². The van der Waals surface area contributed by atoms with Gasteiger partial charge in [0.05, 0.1) is 49.7 Å². The Balaban J connectivity index is 4.65. The summed E-state index contributed by atoms with van der Waals surface area (Å²) in [4.78, 5) is 48.5. The van der Waals surface area contributed by atoms with Gasteiger partial charge in [0.15, 0.2) is 0 Å². The van der Waals surface area contributed by atoms with Crippen molar-refractivity contribution in [2.45, 2.75) is 104 Å². The minimum Gasteiger partial charge on any atom is -0.396 e. The number of Topliss-reactive ketones (excluding diaryl/α,β-unsaturated/α-hetero) is 1. The third kappa shape index (κ3) is 22.7. The molecule has 13 nitrogen and oxygen atoms in total. The SMILES string of the molecule is CC(=O)CNC(=O)CCC(C)(C)OCCC(C)(C)OCCNC(=O)[C@H](COCC(C)C)NC(=O)[C@@H](N)CSCC(O)CCO. The summed E-state index contributed by atoms with van der Waals surface area (Å²) >= 11 is 1.30. The van der Waals surface area contributed by atoms with Crippen molar-refractivity contribution < 1.29 is 43.6 Å². The zero-order chi connectivity index (χ0) is 33.8. The van der Waals surface area contributed by atoms with E-state index < -0.39 is 41.2 Å². The predicted molar refractivity (Wildman–Crippen MR) is 171 cm³/mol. The van der Waals surface area contributed by atoms with Gasteiger partial charge in [0.2, 0.25) is 17.7 Å². The Morgan fingerprint density at radius 2 is 1.55 bits per heavy atom. The Hall–Kier alpha value is -1.81. The number of aliphatic hydroxyl groups is 2. The normalized spacial score (nSPS) is 14.2.